The molecule has 2 unspecified atom stereocenters. The van der Waals surface area contributed by atoms with Gasteiger partial charge in [-0.2, -0.15) is 0 Å². The van der Waals surface area contributed by atoms with Crippen LogP contribution in [0.3, 0.4) is 0 Å². The fraction of sp³-hybridized carbons (Fsp3) is 1.00. The molecule has 2 aliphatic carbocycles. The van der Waals surface area contributed by atoms with E-state index in [0.717, 1.165) is 37.5 Å². The standard InChI is InChI=1S/C9H17NO/c1-9(10)4-6-2-8(11)3-7(6)5-9/h6-8,11H,2-5,10H2,1H3/t6-,7+,8?,9?. The maximum absolute atomic E-state index is 9.36. The Kier molecular flexibility index (Phi) is 1.52. The third-order valence-electron chi connectivity index (χ3n) is 3.27. The Bertz CT molecular complexity index is 151. The largest absolute Gasteiger partial charge is 0.393 e. The first-order chi connectivity index (χ1) is 5.07. The van der Waals surface area contributed by atoms with Crippen molar-refractivity contribution in [3.63, 3.8) is 0 Å². The van der Waals surface area contributed by atoms with Gasteiger partial charge in [-0.25, -0.2) is 0 Å². The summed E-state index contributed by atoms with van der Waals surface area (Å²) in [4.78, 5) is 0. The molecule has 0 radical (unpaired) electrons. The lowest BCUT2D eigenvalue weighted by molar-refractivity contribution is 0.167. The number of rotatable bonds is 0. The molecule has 0 aliphatic heterocycles. The van der Waals surface area contributed by atoms with E-state index in [0.29, 0.717) is 0 Å². The summed E-state index contributed by atoms with van der Waals surface area (Å²) in [6.07, 6.45) is 4.21. The summed E-state index contributed by atoms with van der Waals surface area (Å²) in [5, 5.41) is 9.36. The van der Waals surface area contributed by atoms with Crippen molar-refractivity contribution < 1.29 is 5.11 Å². The maximum atomic E-state index is 9.36. The number of fused-ring (bicyclic) bond motifs is 1. The summed E-state index contributed by atoms with van der Waals surface area (Å²) in [5.74, 6) is 1.44. The zero-order valence-electron chi connectivity index (χ0n) is 7.09. The number of hydrogen-bond acceptors (Lipinski definition) is 2. The Labute approximate surface area is 67.8 Å². The number of nitrogens with two attached hydrogens (primary N) is 1. The van der Waals surface area contributed by atoms with E-state index in [-0.39, 0.29) is 11.6 Å². The summed E-state index contributed by atoms with van der Waals surface area (Å²) in [6.45, 7) is 2.14. The second kappa shape index (κ2) is 2.20. The van der Waals surface area contributed by atoms with E-state index in [4.69, 9.17) is 5.73 Å². The molecule has 0 aromatic carbocycles. The molecule has 2 fully saturated rings. The van der Waals surface area contributed by atoms with Gasteiger partial charge in [0.1, 0.15) is 0 Å². The van der Waals surface area contributed by atoms with Gasteiger partial charge in [0.25, 0.3) is 0 Å². The van der Waals surface area contributed by atoms with Crippen LogP contribution in [0.1, 0.15) is 32.6 Å². The fourth-order valence-corrected chi connectivity index (χ4v) is 2.96. The van der Waals surface area contributed by atoms with Crippen molar-refractivity contribution >= 4 is 0 Å². The van der Waals surface area contributed by atoms with E-state index in [1.54, 1.807) is 0 Å². The molecule has 2 aliphatic rings. The van der Waals surface area contributed by atoms with Gasteiger partial charge in [0, 0.05) is 5.54 Å². The predicted octanol–water partition coefficient (Wildman–Crippen LogP) is 0.885. The molecule has 0 saturated heterocycles. The minimum atomic E-state index is -0.0268. The quantitative estimate of drug-likeness (QED) is 0.545. The molecule has 64 valence electrons. The number of aliphatic hydroxyl groups is 1. The minimum absolute atomic E-state index is 0.0268. The Hall–Kier alpha value is -0.0800. The lowest BCUT2D eigenvalue weighted by atomic mass is 9.97. The van der Waals surface area contributed by atoms with Crippen molar-refractivity contribution in [3.05, 3.63) is 0 Å². The average Bonchev–Trinajstić information content (AvgIpc) is 2.17. The predicted molar refractivity (Wildman–Crippen MR) is 44.0 cm³/mol. The number of aliphatic hydroxyl groups excluding tert-OH is 1. The van der Waals surface area contributed by atoms with Gasteiger partial charge < -0.3 is 10.8 Å². The van der Waals surface area contributed by atoms with Gasteiger partial charge in [-0.15, -0.1) is 0 Å². The molecule has 11 heavy (non-hydrogen) atoms. The monoisotopic (exact) mass is 155 g/mol. The van der Waals surface area contributed by atoms with Crippen LogP contribution in [0.2, 0.25) is 0 Å². The molecule has 0 spiro atoms. The third-order valence-corrected chi connectivity index (χ3v) is 3.27. The highest BCUT2D eigenvalue weighted by Crippen LogP contribution is 2.47. The van der Waals surface area contributed by atoms with Gasteiger partial charge in [-0.05, 0) is 44.4 Å². The van der Waals surface area contributed by atoms with Crippen molar-refractivity contribution in [3.8, 4) is 0 Å². The van der Waals surface area contributed by atoms with Crippen LogP contribution in [0.15, 0.2) is 0 Å². The second-order valence-electron chi connectivity index (χ2n) is 4.71. The first-order valence-corrected chi connectivity index (χ1v) is 4.54. The van der Waals surface area contributed by atoms with Crippen LogP contribution < -0.4 is 5.73 Å². The number of hydrogen-bond donors (Lipinski definition) is 2. The highest BCUT2D eigenvalue weighted by molar-refractivity contribution is 4.99. The molecule has 4 atom stereocenters. The van der Waals surface area contributed by atoms with Crippen molar-refractivity contribution in [2.75, 3.05) is 0 Å². The van der Waals surface area contributed by atoms with Gasteiger partial charge in [-0.1, -0.05) is 0 Å². The van der Waals surface area contributed by atoms with E-state index in [9.17, 15) is 5.11 Å². The molecular formula is C9H17NO. The first-order valence-electron chi connectivity index (χ1n) is 4.54. The van der Waals surface area contributed by atoms with Crippen molar-refractivity contribution in [2.24, 2.45) is 17.6 Å². The molecule has 0 bridgehead atoms. The first kappa shape index (κ1) is 7.56. The highest BCUT2D eigenvalue weighted by atomic mass is 16.3. The van der Waals surface area contributed by atoms with Crippen LogP contribution in [-0.4, -0.2) is 16.7 Å². The normalized spacial score (nSPS) is 56.5. The van der Waals surface area contributed by atoms with Crippen LogP contribution in [0.25, 0.3) is 0 Å². The molecule has 0 amide bonds. The van der Waals surface area contributed by atoms with E-state index in [1.165, 1.54) is 0 Å². The van der Waals surface area contributed by atoms with E-state index in [1.807, 2.05) is 0 Å². The lowest BCUT2D eigenvalue weighted by Gasteiger charge is -2.18. The van der Waals surface area contributed by atoms with Crippen LogP contribution in [-0.2, 0) is 0 Å². The van der Waals surface area contributed by atoms with E-state index in [2.05, 4.69) is 6.92 Å². The van der Waals surface area contributed by atoms with Crippen molar-refractivity contribution in [2.45, 2.75) is 44.2 Å². The second-order valence-corrected chi connectivity index (χ2v) is 4.71. The maximum Gasteiger partial charge on any atom is 0.0545 e. The molecule has 2 saturated carbocycles. The Morgan fingerprint density at radius 1 is 1.27 bits per heavy atom. The molecule has 0 aromatic rings. The molecule has 3 N–H and O–H groups in total. The Balaban J connectivity index is 2.04. The van der Waals surface area contributed by atoms with Crippen LogP contribution >= 0.6 is 0 Å². The highest BCUT2D eigenvalue weighted by Gasteiger charge is 2.44. The Morgan fingerprint density at radius 2 is 1.73 bits per heavy atom. The Morgan fingerprint density at radius 3 is 2.18 bits per heavy atom. The summed E-state index contributed by atoms with van der Waals surface area (Å²) < 4.78 is 0. The molecule has 0 aromatic heterocycles. The summed E-state index contributed by atoms with van der Waals surface area (Å²) in [5.41, 5.74) is 6.10. The summed E-state index contributed by atoms with van der Waals surface area (Å²) >= 11 is 0. The summed E-state index contributed by atoms with van der Waals surface area (Å²) in [6, 6.07) is 0. The van der Waals surface area contributed by atoms with Gasteiger partial charge in [-0.3, -0.25) is 0 Å². The SMILES string of the molecule is CC1(N)C[C@H]2CC(O)C[C@H]2C1. The van der Waals surface area contributed by atoms with Gasteiger partial charge in [0.2, 0.25) is 0 Å². The molecule has 2 heteroatoms. The van der Waals surface area contributed by atoms with E-state index >= 15 is 0 Å². The topological polar surface area (TPSA) is 46.2 Å². The molecule has 0 heterocycles. The van der Waals surface area contributed by atoms with E-state index < -0.39 is 0 Å². The third kappa shape index (κ3) is 1.30. The van der Waals surface area contributed by atoms with Gasteiger partial charge in [0.15, 0.2) is 0 Å². The zero-order chi connectivity index (χ0) is 8.06. The van der Waals surface area contributed by atoms with Crippen LogP contribution in [0.5, 0.6) is 0 Å². The van der Waals surface area contributed by atoms with Gasteiger partial charge in [0.05, 0.1) is 6.10 Å². The fourth-order valence-electron chi connectivity index (χ4n) is 2.96. The van der Waals surface area contributed by atoms with Crippen LogP contribution in [0.4, 0.5) is 0 Å². The zero-order valence-corrected chi connectivity index (χ0v) is 7.09. The molecule has 2 rings (SSSR count). The molecule has 2 nitrogen and oxygen atoms in total. The van der Waals surface area contributed by atoms with Crippen molar-refractivity contribution in [1.29, 1.82) is 0 Å². The lowest BCUT2D eigenvalue weighted by Crippen LogP contribution is -2.33. The average molecular weight is 155 g/mol. The smallest absolute Gasteiger partial charge is 0.0545 e. The molecular weight excluding hydrogens is 138 g/mol. The van der Waals surface area contributed by atoms with Gasteiger partial charge >= 0.3 is 0 Å². The van der Waals surface area contributed by atoms with Crippen LogP contribution in [0, 0.1) is 11.8 Å². The minimum Gasteiger partial charge on any atom is -0.393 e. The van der Waals surface area contributed by atoms with Crippen molar-refractivity contribution in [1.82, 2.24) is 0 Å². The summed E-state index contributed by atoms with van der Waals surface area (Å²) in [7, 11) is 0.